The molecule has 1 aromatic carbocycles. The van der Waals surface area contributed by atoms with E-state index >= 15 is 0 Å². The van der Waals surface area contributed by atoms with Crippen molar-refractivity contribution in [3.05, 3.63) is 65.3 Å². The first-order chi connectivity index (χ1) is 9.40. The standard InChI is InChI=1S/C16H16N2S/c1-17-10-14(12-6-8-18-9-7-12)15-11-19-16-5-3-2-4-13(15)16/h2-9,11,14,17H,10H2,1H3. The number of likely N-dealkylation sites (N-methyl/N-ethyl adjacent to an activating group) is 1. The Kier molecular flexibility index (Phi) is 3.58. The highest BCUT2D eigenvalue weighted by atomic mass is 32.1. The summed E-state index contributed by atoms with van der Waals surface area (Å²) in [5.41, 5.74) is 2.72. The molecule has 0 saturated heterocycles. The van der Waals surface area contributed by atoms with Crippen molar-refractivity contribution in [3.8, 4) is 0 Å². The van der Waals surface area contributed by atoms with Crippen LogP contribution in [0.3, 0.4) is 0 Å². The number of thiophene rings is 1. The summed E-state index contributed by atoms with van der Waals surface area (Å²) in [6.07, 6.45) is 3.74. The van der Waals surface area contributed by atoms with Crippen molar-refractivity contribution in [1.29, 1.82) is 0 Å². The van der Waals surface area contributed by atoms with Crippen LogP contribution in [0.25, 0.3) is 10.1 Å². The molecule has 1 N–H and O–H groups in total. The minimum atomic E-state index is 0.379. The predicted octanol–water partition coefficient (Wildman–Crippen LogP) is 3.65. The molecule has 0 aliphatic heterocycles. The van der Waals surface area contributed by atoms with Gasteiger partial charge in [-0.2, -0.15) is 0 Å². The number of nitrogens with zero attached hydrogens (tertiary/aromatic N) is 1. The fraction of sp³-hybridized carbons (Fsp3) is 0.188. The molecule has 2 nitrogen and oxygen atoms in total. The Morgan fingerprint density at radius 2 is 1.95 bits per heavy atom. The second-order valence-electron chi connectivity index (χ2n) is 4.58. The number of hydrogen-bond acceptors (Lipinski definition) is 3. The zero-order valence-electron chi connectivity index (χ0n) is 10.8. The van der Waals surface area contributed by atoms with Gasteiger partial charge in [0.1, 0.15) is 0 Å². The normalized spacial score (nSPS) is 12.7. The number of benzene rings is 1. The molecular weight excluding hydrogens is 252 g/mol. The van der Waals surface area contributed by atoms with Crippen LogP contribution in [0.2, 0.25) is 0 Å². The van der Waals surface area contributed by atoms with Gasteiger partial charge in [-0.15, -0.1) is 11.3 Å². The van der Waals surface area contributed by atoms with Gasteiger partial charge in [-0.25, -0.2) is 0 Å². The number of aromatic nitrogens is 1. The first-order valence-corrected chi connectivity index (χ1v) is 7.29. The summed E-state index contributed by atoms with van der Waals surface area (Å²) < 4.78 is 1.35. The number of nitrogens with one attached hydrogen (secondary N) is 1. The van der Waals surface area contributed by atoms with Gasteiger partial charge in [0.25, 0.3) is 0 Å². The van der Waals surface area contributed by atoms with E-state index in [1.165, 1.54) is 21.2 Å². The summed E-state index contributed by atoms with van der Waals surface area (Å²) in [6.45, 7) is 0.935. The minimum Gasteiger partial charge on any atom is -0.319 e. The molecule has 0 saturated carbocycles. The van der Waals surface area contributed by atoms with Crippen molar-refractivity contribution < 1.29 is 0 Å². The fourth-order valence-corrected chi connectivity index (χ4v) is 3.49. The highest BCUT2D eigenvalue weighted by Crippen LogP contribution is 2.34. The van der Waals surface area contributed by atoms with E-state index < -0.39 is 0 Å². The van der Waals surface area contributed by atoms with Crippen LogP contribution in [0.5, 0.6) is 0 Å². The predicted molar refractivity (Wildman–Crippen MR) is 81.8 cm³/mol. The van der Waals surface area contributed by atoms with E-state index in [4.69, 9.17) is 0 Å². The molecule has 0 spiro atoms. The summed E-state index contributed by atoms with van der Waals surface area (Å²) in [7, 11) is 2.00. The average molecular weight is 268 g/mol. The number of rotatable bonds is 4. The van der Waals surface area contributed by atoms with E-state index in [9.17, 15) is 0 Å². The highest BCUT2D eigenvalue weighted by molar-refractivity contribution is 7.17. The van der Waals surface area contributed by atoms with E-state index in [1.807, 2.05) is 30.8 Å². The Balaban J connectivity index is 2.10. The van der Waals surface area contributed by atoms with E-state index in [1.54, 1.807) is 0 Å². The minimum absolute atomic E-state index is 0.379. The molecule has 3 rings (SSSR count). The first-order valence-electron chi connectivity index (χ1n) is 6.41. The van der Waals surface area contributed by atoms with Crippen molar-refractivity contribution in [1.82, 2.24) is 10.3 Å². The maximum Gasteiger partial charge on any atom is 0.0345 e. The van der Waals surface area contributed by atoms with Crippen LogP contribution in [0.1, 0.15) is 17.0 Å². The van der Waals surface area contributed by atoms with Crippen LogP contribution in [-0.4, -0.2) is 18.6 Å². The van der Waals surface area contributed by atoms with Crippen LogP contribution in [0.4, 0.5) is 0 Å². The van der Waals surface area contributed by atoms with Crippen LogP contribution in [0.15, 0.2) is 54.2 Å². The summed E-state index contributed by atoms with van der Waals surface area (Å²) >= 11 is 1.82. The molecule has 96 valence electrons. The zero-order chi connectivity index (χ0) is 13.1. The van der Waals surface area contributed by atoms with Crippen molar-refractivity contribution >= 4 is 21.4 Å². The second-order valence-corrected chi connectivity index (χ2v) is 5.49. The van der Waals surface area contributed by atoms with Crippen LogP contribution in [0, 0.1) is 0 Å². The van der Waals surface area contributed by atoms with E-state index in [0.29, 0.717) is 5.92 Å². The fourth-order valence-electron chi connectivity index (χ4n) is 2.48. The van der Waals surface area contributed by atoms with E-state index in [0.717, 1.165) is 6.54 Å². The Bertz CT molecular complexity index is 661. The van der Waals surface area contributed by atoms with E-state index in [2.05, 4.69) is 52.1 Å². The molecule has 0 fully saturated rings. The molecule has 0 aliphatic rings. The van der Waals surface area contributed by atoms with Crippen molar-refractivity contribution in [2.75, 3.05) is 13.6 Å². The zero-order valence-corrected chi connectivity index (χ0v) is 11.7. The molecule has 19 heavy (non-hydrogen) atoms. The third-order valence-electron chi connectivity index (χ3n) is 3.40. The van der Waals surface area contributed by atoms with Gasteiger partial charge in [-0.1, -0.05) is 18.2 Å². The summed E-state index contributed by atoms with van der Waals surface area (Å²) in [6, 6.07) is 12.8. The maximum atomic E-state index is 4.11. The third-order valence-corrected chi connectivity index (χ3v) is 4.38. The Morgan fingerprint density at radius 1 is 1.16 bits per heavy atom. The van der Waals surface area contributed by atoms with Gasteiger partial charge in [0.15, 0.2) is 0 Å². The number of fused-ring (bicyclic) bond motifs is 1. The quantitative estimate of drug-likeness (QED) is 0.781. The molecule has 2 heterocycles. The monoisotopic (exact) mass is 268 g/mol. The number of pyridine rings is 1. The van der Waals surface area contributed by atoms with Gasteiger partial charge < -0.3 is 5.32 Å². The maximum absolute atomic E-state index is 4.11. The lowest BCUT2D eigenvalue weighted by Gasteiger charge is -2.16. The van der Waals surface area contributed by atoms with Gasteiger partial charge in [-0.05, 0) is 47.1 Å². The van der Waals surface area contributed by atoms with Gasteiger partial charge in [-0.3, -0.25) is 4.98 Å². The number of hydrogen-bond donors (Lipinski definition) is 1. The van der Waals surface area contributed by atoms with Gasteiger partial charge in [0.2, 0.25) is 0 Å². The average Bonchev–Trinajstić information content (AvgIpc) is 2.89. The summed E-state index contributed by atoms with van der Waals surface area (Å²) in [4.78, 5) is 4.11. The Labute approximate surface area is 117 Å². The first kappa shape index (κ1) is 12.3. The van der Waals surface area contributed by atoms with E-state index in [-0.39, 0.29) is 0 Å². The van der Waals surface area contributed by atoms with Crippen LogP contribution < -0.4 is 5.32 Å². The van der Waals surface area contributed by atoms with Gasteiger partial charge in [0, 0.05) is 29.6 Å². The van der Waals surface area contributed by atoms with Crippen molar-refractivity contribution in [2.45, 2.75) is 5.92 Å². The molecule has 3 heteroatoms. The van der Waals surface area contributed by atoms with Crippen LogP contribution >= 0.6 is 11.3 Å². The summed E-state index contributed by atoms with van der Waals surface area (Å²) in [5, 5.41) is 6.95. The lowest BCUT2D eigenvalue weighted by atomic mass is 9.91. The second kappa shape index (κ2) is 5.51. The smallest absolute Gasteiger partial charge is 0.0345 e. The Morgan fingerprint density at radius 3 is 2.74 bits per heavy atom. The Hall–Kier alpha value is -1.71. The molecule has 2 aromatic heterocycles. The lowest BCUT2D eigenvalue weighted by Crippen LogP contribution is -2.18. The largest absolute Gasteiger partial charge is 0.319 e. The molecule has 1 unspecified atom stereocenters. The summed E-state index contributed by atoms with van der Waals surface area (Å²) in [5.74, 6) is 0.379. The highest BCUT2D eigenvalue weighted by Gasteiger charge is 2.17. The van der Waals surface area contributed by atoms with Gasteiger partial charge in [0.05, 0.1) is 0 Å². The van der Waals surface area contributed by atoms with Gasteiger partial charge >= 0.3 is 0 Å². The molecule has 3 aromatic rings. The molecule has 0 radical (unpaired) electrons. The topological polar surface area (TPSA) is 24.9 Å². The molecule has 0 bridgehead atoms. The molecule has 0 amide bonds. The lowest BCUT2D eigenvalue weighted by molar-refractivity contribution is 0.712. The van der Waals surface area contributed by atoms with Crippen LogP contribution in [-0.2, 0) is 0 Å². The molecule has 0 aliphatic carbocycles. The third kappa shape index (κ3) is 2.39. The SMILES string of the molecule is CNCC(c1ccncc1)c1csc2ccccc12. The van der Waals surface area contributed by atoms with Crippen molar-refractivity contribution in [3.63, 3.8) is 0 Å². The molecular formula is C16H16N2S. The molecule has 1 atom stereocenters. The van der Waals surface area contributed by atoms with Crippen molar-refractivity contribution in [2.24, 2.45) is 0 Å².